The number of carboxylic acids is 1. The molecule has 0 saturated heterocycles. The van der Waals surface area contributed by atoms with Crippen LogP contribution in [0.2, 0.25) is 25.1 Å². The Morgan fingerprint density at radius 1 is 0.952 bits per heavy atom. The predicted octanol–water partition coefficient (Wildman–Crippen LogP) is 5.64. The second-order valence-corrected chi connectivity index (χ2v) is 5.94. The summed E-state index contributed by atoms with van der Waals surface area (Å²) >= 11 is 30.2. The van der Waals surface area contributed by atoms with Crippen LogP contribution in [-0.2, 0) is 11.2 Å². The Bertz CT molecular complexity index is 686. The standard InChI is InChI=1S/C13H6Cl5NO2/c14-9-8(10(15)12(17)13(18)11(9)16)5-1-2-6(19-4-5)3-7(20)21/h1-2,4H,3H2,(H,20,21). The van der Waals surface area contributed by atoms with Gasteiger partial charge in [-0.15, -0.1) is 0 Å². The average Bonchev–Trinajstić information content (AvgIpc) is 2.44. The fraction of sp³-hybridized carbons (Fsp3) is 0.0769. The van der Waals surface area contributed by atoms with E-state index in [1.165, 1.54) is 6.20 Å². The van der Waals surface area contributed by atoms with Gasteiger partial charge in [-0.05, 0) is 6.07 Å². The highest BCUT2D eigenvalue weighted by Crippen LogP contribution is 2.47. The Kier molecular flexibility index (Phi) is 5.23. The van der Waals surface area contributed by atoms with Crippen molar-refractivity contribution >= 4 is 64.0 Å². The van der Waals surface area contributed by atoms with Gasteiger partial charge in [0.1, 0.15) is 0 Å². The zero-order valence-electron chi connectivity index (χ0n) is 10.1. The summed E-state index contributed by atoms with van der Waals surface area (Å²) in [4.78, 5) is 14.7. The van der Waals surface area contributed by atoms with Crippen molar-refractivity contribution < 1.29 is 9.90 Å². The molecule has 21 heavy (non-hydrogen) atoms. The van der Waals surface area contributed by atoms with E-state index in [-0.39, 0.29) is 31.5 Å². The summed E-state index contributed by atoms with van der Waals surface area (Å²) in [6.45, 7) is 0. The molecule has 110 valence electrons. The van der Waals surface area contributed by atoms with Gasteiger partial charge in [0.05, 0.1) is 37.2 Å². The summed E-state index contributed by atoms with van der Waals surface area (Å²) in [5.41, 5.74) is 1.36. The van der Waals surface area contributed by atoms with Crippen molar-refractivity contribution in [3.8, 4) is 11.1 Å². The number of hydrogen-bond acceptors (Lipinski definition) is 2. The number of nitrogens with zero attached hydrogens (tertiary/aromatic N) is 1. The first kappa shape index (κ1) is 16.7. The molecule has 8 heteroatoms. The number of pyridine rings is 1. The molecule has 0 atom stereocenters. The van der Waals surface area contributed by atoms with Crippen LogP contribution in [0, 0.1) is 0 Å². The van der Waals surface area contributed by atoms with Gasteiger partial charge in [0.2, 0.25) is 0 Å². The molecular weight excluding hydrogens is 379 g/mol. The fourth-order valence-corrected chi connectivity index (χ4v) is 3.05. The largest absolute Gasteiger partial charge is 0.481 e. The Morgan fingerprint density at radius 3 is 1.90 bits per heavy atom. The van der Waals surface area contributed by atoms with Crippen molar-refractivity contribution in [1.82, 2.24) is 4.98 Å². The van der Waals surface area contributed by atoms with E-state index >= 15 is 0 Å². The molecule has 0 unspecified atom stereocenters. The van der Waals surface area contributed by atoms with Crippen LogP contribution in [0.5, 0.6) is 0 Å². The van der Waals surface area contributed by atoms with Gasteiger partial charge in [-0.25, -0.2) is 0 Å². The fourth-order valence-electron chi connectivity index (χ4n) is 1.69. The van der Waals surface area contributed by atoms with Crippen LogP contribution in [0.3, 0.4) is 0 Å². The number of halogens is 5. The van der Waals surface area contributed by atoms with Crippen molar-refractivity contribution in [2.24, 2.45) is 0 Å². The van der Waals surface area contributed by atoms with Gasteiger partial charge in [0.15, 0.2) is 0 Å². The van der Waals surface area contributed by atoms with Crippen molar-refractivity contribution in [3.05, 3.63) is 49.1 Å². The molecular formula is C13H6Cl5NO2. The lowest BCUT2D eigenvalue weighted by atomic mass is 10.1. The van der Waals surface area contributed by atoms with Crippen LogP contribution in [-0.4, -0.2) is 16.1 Å². The molecule has 3 nitrogen and oxygen atoms in total. The SMILES string of the molecule is O=C(O)Cc1ccc(-c2c(Cl)c(Cl)c(Cl)c(Cl)c2Cl)cn1. The predicted molar refractivity (Wildman–Crippen MR) is 86.1 cm³/mol. The highest BCUT2D eigenvalue weighted by molar-refractivity contribution is 6.56. The summed E-state index contributed by atoms with van der Waals surface area (Å²) in [5.74, 6) is -0.969. The summed E-state index contributed by atoms with van der Waals surface area (Å²) < 4.78 is 0. The molecule has 1 N–H and O–H groups in total. The Balaban J connectivity index is 2.54. The molecule has 1 aromatic carbocycles. The zero-order chi connectivity index (χ0) is 15.7. The summed E-state index contributed by atoms with van der Waals surface area (Å²) in [7, 11) is 0. The van der Waals surface area contributed by atoms with E-state index in [2.05, 4.69) is 4.98 Å². The monoisotopic (exact) mass is 383 g/mol. The Hall–Kier alpha value is -0.710. The normalized spacial score (nSPS) is 10.7. The van der Waals surface area contributed by atoms with Crippen LogP contribution in [0.15, 0.2) is 18.3 Å². The van der Waals surface area contributed by atoms with Gasteiger partial charge >= 0.3 is 5.97 Å². The van der Waals surface area contributed by atoms with Crippen LogP contribution in [0.1, 0.15) is 5.69 Å². The first-order valence-electron chi connectivity index (χ1n) is 5.51. The number of hydrogen-bond donors (Lipinski definition) is 1. The average molecular weight is 385 g/mol. The van der Waals surface area contributed by atoms with Gasteiger partial charge in [-0.1, -0.05) is 64.1 Å². The number of aliphatic carboxylic acids is 1. The first-order valence-corrected chi connectivity index (χ1v) is 7.40. The lowest BCUT2D eigenvalue weighted by molar-refractivity contribution is -0.136. The topological polar surface area (TPSA) is 50.2 Å². The minimum Gasteiger partial charge on any atom is -0.481 e. The molecule has 0 saturated carbocycles. The van der Waals surface area contributed by atoms with Crippen molar-refractivity contribution in [1.29, 1.82) is 0 Å². The highest BCUT2D eigenvalue weighted by atomic mass is 35.5. The molecule has 1 heterocycles. The molecule has 1 aromatic heterocycles. The van der Waals surface area contributed by atoms with Crippen LogP contribution in [0.4, 0.5) is 0 Å². The second kappa shape index (κ2) is 6.59. The number of aromatic nitrogens is 1. The third-order valence-corrected chi connectivity index (χ3v) is 4.93. The molecule has 0 amide bonds. The number of benzene rings is 1. The Morgan fingerprint density at radius 2 is 1.48 bits per heavy atom. The second-order valence-electron chi connectivity index (χ2n) is 4.05. The van der Waals surface area contributed by atoms with E-state index < -0.39 is 5.97 Å². The molecule has 2 rings (SSSR count). The summed E-state index contributed by atoms with van der Waals surface area (Å²) in [5, 5.41) is 9.29. The third kappa shape index (κ3) is 3.38. The molecule has 0 aliphatic carbocycles. The van der Waals surface area contributed by atoms with Gasteiger partial charge in [-0.3, -0.25) is 9.78 Å². The lowest BCUT2D eigenvalue weighted by Crippen LogP contribution is -2.02. The van der Waals surface area contributed by atoms with Gasteiger partial charge in [-0.2, -0.15) is 0 Å². The lowest BCUT2D eigenvalue weighted by Gasteiger charge is -2.12. The van der Waals surface area contributed by atoms with E-state index in [1.54, 1.807) is 12.1 Å². The summed E-state index contributed by atoms with van der Waals surface area (Å²) in [6, 6.07) is 3.20. The van der Waals surface area contributed by atoms with Gasteiger partial charge in [0, 0.05) is 17.3 Å². The number of rotatable bonds is 3. The van der Waals surface area contributed by atoms with Crippen LogP contribution < -0.4 is 0 Å². The molecule has 0 aliphatic rings. The minimum absolute atomic E-state index is 0.0764. The first-order chi connectivity index (χ1) is 9.82. The highest BCUT2D eigenvalue weighted by Gasteiger charge is 2.20. The van der Waals surface area contributed by atoms with E-state index in [0.717, 1.165) is 0 Å². The van der Waals surface area contributed by atoms with E-state index in [4.69, 9.17) is 63.1 Å². The van der Waals surface area contributed by atoms with Gasteiger partial charge < -0.3 is 5.11 Å². The molecule has 2 aromatic rings. The van der Waals surface area contributed by atoms with Crippen molar-refractivity contribution in [2.75, 3.05) is 0 Å². The van der Waals surface area contributed by atoms with E-state index in [9.17, 15) is 4.79 Å². The molecule has 0 spiro atoms. The van der Waals surface area contributed by atoms with E-state index in [0.29, 0.717) is 16.8 Å². The third-order valence-electron chi connectivity index (χ3n) is 2.66. The zero-order valence-corrected chi connectivity index (χ0v) is 13.9. The molecule has 0 aliphatic heterocycles. The maximum Gasteiger partial charge on any atom is 0.309 e. The quantitative estimate of drug-likeness (QED) is 0.549. The van der Waals surface area contributed by atoms with Crippen LogP contribution >= 0.6 is 58.0 Å². The molecule has 0 fully saturated rings. The number of carbonyl (C=O) groups is 1. The van der Waals surface area contributed by atoms with Gasteiger partial charge in [0.25, 0.3) is 0 Å². The minimum atomic E-state index is -0.969. The van der Waals surface area contributed by atoms with Crippen molar-refractivity contribution in [3.63, 3.8) is 0 Å². The van der Waals surface area contributed by atoms with E-state index in [1.807, 2.05) is 0 Å². The molecule has 0 radical (unpaired) electrons. The summed E-state index contributed by atoms with van der Waals surface area (Å²) in [6.07, 6.45) is 1.27. The Labute approximate surface area is 145 Å². The maximum absolute atomic E-state index is 10.6. The molecule has 0 bridgehead atoms. The smallest absolute Gasteiger partial charge is 0.309 e. The number of carboxylic acid groups (broad SMARTS) is 1. The van der Waals surface area contributed by atoms with Crippen LogP contribution in [0.25, 0.3) is 11.1 Å². The maximum atomic E-state index is 10.6. The van der Waals surface area contributed by atoms with Crippen molar-refractivity contribution in [2.45, 2.75) is 6.42 Å².